The second-order valence-electron chi connectivity index (χ2n) is 8.16. The minimum atomic E-state index is -0.511. The van der Waals surface area contributed by atoms with E-state index >= 15 is 0 Å². The molecule has 2 aromatic rings. The lowest BCUT2D eigenvalue weighted by atomic mass is 9.83. The number of anilines is 1. The maximum absolute atomic E-state index is 12.1. The average Bonchev–Trinajstić information content (AvgIpc) is 3.27. The molecule has 0 radical (unpaired) electrons. The van der Waals surface area contributed by atoms with E-state index in [4.69, 9.17) is 4.74 Å². The van der Waals surface area contributed by atoms with Crippen LogP contribution in [0.1, 0.15) is 50.7 Å². The van der Waals surface area contributed by atoms with Gasteiger partial charge < -0.3 is 15.4 Å². The van der Waals surface area contributed by atoms with Crippen LogP contribution < -0.4 is 10.6 Å². The molecule has 2 N–H and O–H groups in total. The number of benzene rings is 1. The number of carbonyl (C=O) groups excluding carboxylic acids is 1. The van der Waals surface area contributed by atoms with Crippen molar-refractivity contribution in [1.82, 2.24) is 14.9 Å². The first-order chi connectivity index (χ1) is 12.4. The fraction of sp³-hybridized carbons (Fsp3) is 0.500. The van der Waals surface area contributed by atoms with Crippen LogP contribution in [0.4, 0.5) is 5.69 Å². The zero-order valence-corrected chi connectivity index (χ0v) is 18.0. The Balaban J connectivity index is 0.00000140. The normalized spacial score (nSPS) is 22.8. The number of nitrogens with one attached hydrogen (secondary N) is 2. The van der Waals surface area contributed by atoms with Gasteiger partial charge in [0.2, 0.25) is 0 Å². The molecule has 154 valence electrons. The lowest BCUT2D eigenvalue weighted by molar-refractivity contribution is -0.157. The maximum atomic E-state index is 12.1. The topological polar surface area (TPSA) is 68.2 Å². The molecule has 3 atom stereocenters. The van der Waals surface area contributed by atoms with Gasteiger partial charge in [-0.25, -0.2) is 4.98 Å². The highest BCUT2D eigenvalue weighted by Gasteiger charge is 2.41. The highest BCUT2D eigenvalue weighted by Crippen LogP contribution is 2.46. The lowest BCUT2D eigenvalue weighted by Crippen LogP contribution is -2.34. The number of fused-ring (bicyclic) bond motifs is 3. The second-order valence-corrected chi connectivity index (χ2v) is 8.16. The van der Waals surface area contributed by atoms with Gasteiger partial charge in [-0.15, -0.1) is 24.8 Å². The van der Waals surface area contributed by atoms with Gasteiger partial charge in [-0.05, 0) is 45.4 Å². The molecule has 6 nitrogen and oxygen atoms in total. The van der Waals surface area contributed by atoms with E-state index in [-0.39, 0.29) is 43.6 Å². The molecular weight excluding hydrogens is 399 g/mol. The van der Waals surface area contributed by atoms with Gasteiger partial charge in [0.25, 0.3) is 0 Å². The maximum Gasteiger partial charge on any atom is 0.312 e. The molecule has 28 heavy (non-hydrogen) atoms. The summed E-state index contributed by atoms with van der Waals surface area (Å²) in [5.74, 6) is 1.13. The molecule has 8 heteroatoms. The number of halogens is 2. The second kappa shape index (κ2) is 8.72. The summed E-state index contributed by atoms with van der Waals surface area (Å²) in [5, 5.41) is 7.30. The minimum absolute atomic E-state index is 0. The molecule has 0 aliphatic carbocycles. The van der Waals surface area contributed by atoms with Crippen LogP contribution in [0.2, 0.25) is 0 Å². The fourth-order valence-electron chi connectivity index (χ4n) is 3.91. The number of imidazole rings is 1. The van der Waals surface area contributed by atoms with Gasteiger partial charge in [-0.1, -0.05) is 18.2 Å². The summed E-state index contributed by atoms with van der Waals surface area (Å²) in [5.41, 5.74) is 1.96. The molecular formula is C20H28Cl2N4O2. The van der Waals surface area contributed by atoms with Crippen LogP contribution in [0, 0.1) is 11.3 Å². The van der Waals surface area contributed by atoms with Crippen molar-refractivity contribution in [3.63, 3.8) is 0 Å². The smallest absolute Gasteiger partial charge is 0.312 e. The van der Waals surface area contributed by atoms with Crippen molar-refractivity contribution in [2.24, 2.45) is 11.3 Å². The van der Waals surface area contributed by atoms with E-state index in [0.29, 0.717) is 12.0 Å². The van der Waals surface area contributed by atoms with Crippen LogP contribution in [0.5, 0.6) is 0 Å². The minimum Gasteiger partial charge on any atom is -0.443 e. The molecule has 1 saturated heterocycles. The first-order valence-electron chi connectivity index (χ1n) is 9.22. The molecule has 1 aromatic carbocycles. The van der Waals surface area contributed by atoms with Crippen molar-refractivity contribution >= 4 is 36.5 Å². The van der Waals surface area contributed by atoms with E-state index in [1.165, 1.54) is 5.56 Å². The summed E-state index contributed by atoms with van der Waals surface area (Å²) in [6.45, 7) is 6.77. The molecule has 0 spiro atoms. The van der Waals surface area contributed by atoms with Gasteiger partial charge in [-0.3, -0.25) is 9.36 Å². The number of aromatic nitrogens is 2. The van der Waals surface area contributed by atoms with E-state index in [1.54, 1.807) is 6.20 Å². The van der Waals surface area contributed by atoms with Crippen molar-refractivity contribution in [1.29, 1.82) is 0 Å². The Morgan fingerprint density at radius 3 is 2.75 bits per heavy atom. The van der Waals surface area contributed by atoms with Gasteiger partial charge >= 0.3 is 5.97 Å². The van der Waals surface area contributed by atoms with Crippen molar-refractivity contribution in [2.45, 2.75) is 46.0 Å². The quantitative estimate of drug-likeness (QED) is 0.723. The molecule has 3 heterocycles. The largest absolute Gasteiger partial charge is 0.443 e. The third kappa shape index (κ3) is 4.14. The number of hydrogen-bond donors (Lipinski definition) is 2. The Morgan fingerprint density at radius 1 is 1.25 bits per heavy atom. The Bertz CT molecular complexity index is 819. The number of ether oxygens (including phenoxy) is 1. The van der Waals surface area contributed by atoms with Crippen LogP contribution in [0.15, 0.2) is 36.7 Å². The molecule has 0 amide bonds. The monoisotopic (exact) mass is 426 g/mol. The molecule has 2 aliphatic rings. The SMILES string of the molecule is CC(C)(C)C(=O)OCn1ccnc1C1Nc2ccccc2C2NCCC21.Cl.Cl. The van der Waals surface area contributed by atoms with Crippen molar-refractivity contribution in [3.8, 4) is 0 Å². The summed E-state index contributed by atoms with van der Waals surface area (Å²) < 4.78 is 7.44. The predicted molar refractivity (Wildman–Crippen MR) is 114 cm³/mol. The summed E-state index contributed by atoms with van der Waals surface area (Å²) in [6.07, 6.45) is 4.75. The van der Waals surface area contributed by atoms with Crippen molar-refractivity contribution in [2.75, 3.05) is 11.9 Å². The standard InChI is InChI=1S/C20H26N4O2.2ClH/c1-20(2,3)19(25)26-12-24-11-10-22-18(24)17-14-8-9-21-16(14)13-6-4-5-7-15(13)23-17;;/h4-7,10-11,14,16-17,21,23H,8-9,12H2,1-3H3;2*1H. The molecule has 1 aromatic heterocycles. The van der Waals surface area contributed by atoms with Crippen LogP contribution in [-0.4, -0.2) is 22.1 Å². The third-order valence-electron chi connectivity index (χ3n) is 5.28. The van der Waals surface area contributed by atoms with Gasteiger partial charge in [0.15, 0.2) is 6.73 Å². The summed E-state index contributed by atoms with van der Waals surface area (Å²) in [7, 11) is 0. The number of nitrogens with zero attached hydrogens (tertiary/aromatic N) is 2. The first-order valence-corrected chi connectivity index (χ1v) is 9.22. The van der Waals surface area contributed by atoms with E-state index < -0.39 is 5.41 Å². The van der Waals surface area contributed by atoms with E-state index in [9.17, 15) is 4.79 Å². The number of para-hydroxylation sites is 1. The highest BCUT2D eigenvalue weighted by atomic mass is 35.5. The summed E-state index contributed by atoms with van der Waals surface area (Å²) in [4.78, 5) is 16.7. The first kappa shape index (κ1) is 22.5. The molecule has 0 saturated carbocycles. The average molecular weight is 427 g/mol. The molecule has 2 aliphatic heterocycles. The zero-order valence-electron chi connectivity index (χ0n) is 16.3. The molecule has 4 rings (SSSR count). The molecule has 3 unspecified atom stereocenters. The Morgan fingerprint density at radius 2 is 2.00 bits per heavy atom. The van der Waals surface area contributed by atoms with Gasteiger partial charge in [0, 0.05) is 30.0 Å². The Hall–Kier alpha value is -1.76. The van der Waals surface area contributed by atoms with Crippen LogP contribution >= 0.6 is 24.8 Å². The van der Waals surface area contributed by atoms with E-state index in [2.05, 4.69) is 39.9 Å². The number of rotatable bonds is 3. The Labute approximate surface area is 178 Å². The highest BCUT2D eigenvalue weighted by molar-refractivity contribution is 5.85. The van der Waals surface area contributed by atoms with E-state index in [1.807, 2.05) is 31.5 Å². The zero-order chi connectivity index (χ0) is 18.3. The fourth-order valence-corrected chi connectivity index (χ4v) is 3.91. The number of esters is 1. The number of carbonyl (C=O) groups is 1. The summed E-state index contributed by atoms with van der Waals surface area (Å²) >= 11 is 0. The summed E-state index contributed by atoms with van der Waals surface area (Å²) in [6, 6.07) is 8.87. The van der Waals surface area contributed by atoms with E-state index in [0.717, 1.165) is 24.5 Å². The molecule has 1 fully saturated rings. The van der Waals surface area contributed by atoms with Crippen LogP contribution in [-0.2, 0) is 16.3 Å². The van der Waals surface area contributed by atoms with Crippen molar-refractivity contribution in [3.05, 3.63) is 48.0 Å². The third-order valence-corrected chi connectivity index (χ3v) is 5.28. The lowest BCUT2D eigenvalue weighted by Gasteiger charge is -2.36. The van der Waals surface area contributed by atoms with Gasteiger partial charge in [-0.2, -0.15) is 0 Å². The number of hydrogen-bond acceptors (Lipinski definition) is 5. The molecule has 0 bridgehead atoms. The van der Waals surface area contributed by atoms with Crippen molar-refractivity contribution < 1.29 is 9.53 Å². The van der Waals surface area contributed by atoms with Crippen LogP contribution in [0.3, 0.4) is 0 Å². The Kier molecular flexibility index (Phi) is 7.02. The van der Waals surface area contributed by atoms with Crippen LogP contribution in [0.25, 0.3) is 0 Å². The van der Waals surface area contributed by atoms with Gasteiger partial charge in [0.05, 0.1) is 11.5 Å². The van der Waals surface area contributed by atoms with Gasteiger partial charge in [0.1, 0.15) is 5.82 Å². The predicted octanol–water partition coefficient (Wildman–Crippen LogP) is 4.09.